The molecule has 0 radical (unpaired) electrons. The van der Waals surface area contributed by atoms with Gasteiger partial charge in [0.05, 0.1) is 12.2 Å². The number of hydrogen-bond acceptors (Lipinski definition) is 4. The summed E-state index contributed by atoms with van der Waals surface area (Å²) in [5.74, 6) is 1.28. The molecule has 1 aliphatic heterocycles. The standard InChI is InChI=1S/C22H20N2O3/c23-17-11-12-20-19(15-17)24(13-14-26-18-9-5-2-6-10-18)22(25)21(27-20)16-7-3-1-4-8-16/h1-12,15,21H,13-14,23H2. The first-order chi connectivity index (χ1) is 13.2. The van der Waals surface area contributed by atoms with Crippen molar-refractivity contribution in [2.45, 2.75) is 6.10 Å². The van der Waals surface area contributed by atoms with Crippen molar-refractivity contribution >= 4 is 17.3 Å². The van der Waals surface area contributed by atoms with Crippen LogP contribution in [0.3, 0.4) is 0 Å². The van der Waals surface area contributed by atoms with Crippen LogP contribution in [0.4, 0.5) is 11.4 Å². The molecule has 1 heterocycles. The third-order valence-electron chi connectivity index (χ3n) is 4.44. The van der Waals surface area contributed by atoms with Gasteiger partial charge in [-0.3, -0.25) is 4.79 Å². The van der Waals surface area contributed by atoms with E-state index in [0.717, 1.165) is 11.3 Å². The van der Waals surface area contributed by atoms with E-state index in [0.29, 0.717) is 30.3 Å². The molecular weight excluding hydrogens is 340 g/mol. The van der Waals surface area contributed by atoms with E-state index in [-0.39, 0.29) is 5.91 Å². The van der Waals surface area contributed by atoms with E-state index in [2.05, 4.69) is 0 Å². The maximum absolute atomic E-state index is 13.1. The summed E-state index contributed by atoms with van der Waals surface area (Å²) in [6.07, 6.45) is -0.681. The fourth-order valence-corrected chi connectivity index (χ4v) is 3.12. The van der Waals surface area contributed by atoms with E-state index < -0.39 is 6.10 Å². The van der Waals surface area contributed by atoms with Gasteiger partial charge in [-0.05, 0) is 30.3 Å². The van der Waals surface area contributed by atoms with Crippen molar-refractivity contribution in [3.8, 4) is 11.5 Å². The molecule has 0 saturated carbocycles. The van der Waals surface area contributed by atoms with Crippen LogP contribution in [0.1, 0.15) is 11.7 Å². The smallest absolute Gasteiger partial charge is 0.273 e. The normalized spacial score (nSPS) is 15.8. The van der Waals surface area contributed by atoms with Crippen LogP contribution in [0.25, 0.3) is 0 Å². The molecule has 5 heteroatoms. The summed E-state index contributed by atoms with van der Waals surface area (Å²) >= 11 is 0. The highest BCUT2D eigenvalue weighted by molar-refractivity contribution is 6.01. The van der Waals surface area contributed by atoms with Gasteiger partial charge in [0, 0.05) is 11.3 Å². The van der Waals surface area contributed by atoms with Crippen molar-refractivity contribution in [2.75, 3.05) is 23.8 Å². The van der Waals surface area contributed by atoms with E-state index in [9.17, 15) is 4.79 Å². The molecule has 1 atom stereocenters. The fraction of sp³-hybridized carbons (Fsp3) is 0.136. The molecule has 3 aromatic carbocycles. The van der Waals surface area contributed by atoms with E-state index in [1.807, 2.05) is 60.7 Å². The van der Waals surface area contributed by atoms with Crippen LogP contribution in [-0.2, 0) is 4.79 Å². The number of hydrogen-bond donors (Lipinski definition) is 1. The number of rotatable bonds is 5. The minimum atomic E-state index is -0.681. The van der Waals surface area contributed by atoms with Crippen LogP contribution < -0.4 is 20.1 Å². The molecule has 0 saturated heterocycles. The van der Waals surface area contributed by atoms with Crippen LogP contribution in [0, 0.1) is 0 Å². The molecule has 0 bridgehead atoms. The largest absolute Gasteiger partial charge is 0.492 e. The van der Waals surface area contributed by atoms with Gasteiger partial charge in [-0.1, -0.05) is 48.5 Å². The highest BCUT2D eigenvalue weighted by atomic mass is 16.5. The lowest BCUT2D eigenvalue weighted by atomic mass is 10.1. The van der Waals surface area contributed by atoms with Gasteiger partial charge >= 0.3 is 0 Å². The van der Waals surface area contributed by atoms with Crippen molar-refractivity contribution in [3.63, 3.8) is 0 Å². The minimum Gasteiger partial charge on any atom is -0.492 e. The van der Waals surface area contributed by atoms with Crippen molar-refractivity contribution in [2.24, 2.45) is 0 Å². The number of fused-ring (bicyclic) bond motifs is 1. The topological polar surface area (TPSA) is 64.8 Å². The monoisotopic (exact) mass is 360 g/mol. The summed E-state index contributed by atoms with van der Waals surface area (Å²) in [5, 5.41) is 0. The second-order valence-corrected chi connectivity index (χ2v) is 6.29. The lowest BCUT2D eigenvalue weighted by Gasteiger charge is -2.34. The summed E-state index contributed by atoms with van der Waals surface area (Å²) in [7, 11) is 0. The molecule has 1 unspecified atom stereocenters. The first-order valence-electron chi connectivity index (χ1n) is 8.83. The van der Waals surface area contributed by atoms with Gasteiger partial charge in [-0.25, -0.2) is 0 Å². The van der Waals surface area contributed by atoms with Gasteiger partial charge in [-0.15, -0.1) is 0 Å². The molecular formula is C22H20N2O3. The Bertz CT molecular complexity index is 929. The van der Waals surface area contributed by atoms with Gasteiger partial charge in [0.1, 0.15) is 18.1 Å². The Kier molecular flexibility index (Phi) is 4.66. The fourth-order valence-electron chi connectivity index (χ4n) is 3.12. The third-order valence-corrected chi connectivity index (χ3v) is 4.44. The van der Waals surface area contributed by atoms with Gasteiger partial charge in [-0.2, -0.15) is 0 Å². The van der Waals surface area contributed by atoms with Crippen molar-refractivity contribution in [1.82, 2.24) is 0 Å². The first kappa shape index (κ1) is 17.0. The number of carbonyl (C=O) groups is 1. The Balaban J connectivity index is 1.59. The highest BCUT2D eigenvalue weighted by Crippen LogP contribution is 2.39. The van der Waals surface area contributed by atoms with Crippen LogP contribution >= 0.6 is 0 Å². The van der Waals surface area contributed by atoms with Crippen LogP contribution in [0.15, 0.2) is 78.9 Å². The lowest BCUT2D eigenvalue weighted by Crippen LogP contribution is -2.43. The molecule has 4 rings (SSSR count). The van der Waals surface area contributed by atoms with Crippen LogP contribution in [0.2, 0.25) is 0 Å². The Hall–Kier alpha value is -3.47. The van der Waals surface area contributed by atoms with E-state index >= 15 is 0 Å². The Morgan fingerprint density at radius 2 is 1.67 bits per heavy atom. The highest BCUT2D eigenvalue weighted by Gasteiger charge is 2.35. The van der Waals surface area contributed by atoms with Crippen molar-refractivity contribution in [3.05, 3.63) is 84.4 Å². The van der Waals surface area contributed by atoms with E-state index in [1.54, 1.807) is 23.1 Å². The second-order valence-electron chi connectivity index (χ2n) is 6.29. The quantitative estimate of drug-likeness (QED) is 0.703. The predicted molar refractivity (Wildman–Crippen MR) is 105 cm³/mol. The van der Waals surface area contributed by atoms with E-state index in [4.69, 9.17) is 15.2 Å². The Labute approximate surface area is 157 Å². The van der Waals surface area contributed by atoms with Crippen LogP contribution in [0.5, 0.6) is 11.5 Å². The number of nitrogens with zero attached hydrogens (tertiary/aromatic N) is 1. The maximum atomic E-state index is 13.1. The molecule has 0 fully saturated rings. The lowest BCUT2D eigenvalue weighted by molar-refractivity contribution is -0.126. The zero-order chi connectivity index (χ0) is 18.6. The molecule has 2 N–H and O–H groups in total. The summed E-state index contributed by atoms with van der Waals surface area (Å²) in [5.41, 5.74) is 8.00. The van der Waals surface area contributed by atoms with Crippen molar-refractivity contribution in [1.29, 1.82) is 0 Å². The number of nitrogens with two attached hydrogens (primary N) is 1. The third kappa shape index (κ3) is 3.58. The number of benzene rings is 3. The average molecular weight is 360 g/mol. The Morgan fingerprint density at radius 1 is 0.963 bits per heavy atom. The molecule has 1 aliphatic rings. The summed E-state index contributed by atoms with van der Waals surface area (Å²) in [4.78, 5) is 14.8. The molecule has 0 spiro atoms. The zero-order valence-electron chi connectivity index (χ0n) is 14.7. The second kappa shape index (κ2) is 7.41. The zero-order valence-corrected chi connectivity index (χ0v) is 14.7. The molecule has 1 amide bonds. The van der Waals surface area contributed by atoms with E-state index in [1.165, 1.54) is 0 Å². The van der Waals surface area contributed by atoms with Crippen LogP contribution in [-0.4, -0.2) is 19.1 Å². The molecule has 3 aromatic rings. The van der Waals surface area contributed by atoms with Gasteiger partial charge < -0.3 is 20.1 Å². The summed E-state index contributed by atoms with van der Waals surface area (Å²) < 4.78 is 11.8. The van der Waals surface area contributed by atoms with Crippen molar-refractivity contribution < 1.29 is 14.3 Å². The predicted octanol–water partition coefficient (Wildman–Crippen LogP) is 3.81. The summed E-state index contributed by atoms with van der Waals surface area (Å²) in [6.45, 7) is 0.766. The maximum Gasteiger partial charge on any atom is 0.273 e. The van der Waals surface area contributed by atoms with Gasteiger partial charge in [0.25, 0.3) is 5.91 Å². The average Bonchev–Trinajstić information content (AvgIpc) is 2.71. The van der Waals surface area contributed by atoms with Gasteiger partial charge in [0.15, 0.2) is 0 Å². The molecule has 0 aliphatic carbocycles. The summed E-state index contributed by atoms with van der Waals surface area (Å²) in [6, 6.07) is 24.4. The Morgan fingerprint density at radius 3 is 2.41 bits per heavy atom. The number of anilines is 2. The number of nitrogen functional groups attached to an aromatic ring is 1. The minimum absolute atomic E-state index is 0.129. The first-order valence-corrected chi connectivity index (χ1v) is 8.83. The SMILES string of the molecule is Nc1ccc2c(c1)N(CCOc1ccccc1)C(=O)C(c1ccccc1)O2. The number of ether oxygens (including phenoxy) is 2. The molecule has 0 aromatic heterocycles. The number of amides is 1. The number of carbonyl (C=O) groups excluding carboxylic acids is 1. The molecule has 5 nitrogen and oxygen atoms in total. The molecule has 136 valence electrons. The van der Waals surface area contributed by atoms with Gasteiger partial charge in [0.2, 0.25) is 6.10 Å². The molecule has 27 heavy (non-hydrogen) atoms. The number of para-hydroxylation sites is 1.